The molecule has 0 fully saturated rings. The zero-order valence-electron chi connectivity index (χ0n) is 18.1. The summed E-state index contributed by atoms with van der Waals surface area (Å²) in [6, 6.07) is 21.8. The highest BCUT2D eigenvalue weighted by Crippen LogP contribution is 2.25. The average molecular weight is 438 g/mol. The normalized spacial score (nSPS) is 10.8. The van der Waals surface area contributed by atoms with Gasteiger partial charge in [0.05, 0.1) is 7.11 Å². The third-order valence-electron chi connectivity index (χ3n) is 5.23. The Morgan fingerprint density at radius 3 is 2.45 bits per heavy atom. The van der Waals surface area contributed by atoms with Gasteiger partial charge >= 0.3 is 0 Å². The Hall–Kier alpha value is -4.46. The number of rotatable bonds is 8. The van der Waals surface area contributed by atoms with Gasteiger partial charge in [0.1, 0.15) is 12.1 Å². The molecule has 164 valence electrons. The summed E-state index contributed by atoms with van der Waals surface area (Å²) in [6.45, 7) is 0.700. The number of imidazole rings is 1. The molecule has 0 aliphatic heterocycles. The van der Waals surface area contributed by atoms with Gasteiger partial charge in [0.25, 0.3) is 0 Å². The van der Waals surface area contributed by atoms with Crippen LogP contribution in [-0.2, 0) is 6.42 Å². The molecule has 33 heavy (non-hydrogen) atoms. The highest BCUT2D eigenvalue weighted by Gasteiger charge is 2.14. The van der Waals surface area contributed by atoms with Crippen LogP contribution < -0.4 is 15.4 Å². The first-order chi connectivity index (χ1) is 16.3. The van der Waals surface area contributed by atoms with Crippen molar-refractivity contribution in [3.63, 3.8) is 0 Å². The third kappa shape index (κ3) is 4.59. The molecule has 3 heterocycles. The van der Waals surface area contributed by atoms with E-state index in [1.54, 1.807) is 25.8 Å². The van der Waals surface area contributed by atoms with Crippen molar-refractivity contribution in [2.24, 2.45) is 0 Å². The van der Waals surface area contributed by atoms with Gasteiger partial charge in [-0.3, -0.25) is 9.55 Å². The molecule has 2 aromatic carbocycles. The lowest BCUT2D eigenvalue weighted by Gasteiger charge is -2.11. The van der Waals surface area contributed by atoms with Gasteiger partial charge in [-0.15, -0.1) is 0 Å². The highest BCUT2D eigenvalue weighted by molar-refractivity contribution is 5.86. The third-order valence-corrected chi connectivity index (χ3v) is 5.23. The molecule has 0 spiro atoms. The number of methoxy groups -OCH3 is 1. The topological polar surface area (TPSA) is 89.8 Å². The number of ether oxygens (including phenoxy) is 1. The number of aromatic nitrogens is 5. The molecule has 0 saturated heterocycles. The summed E-state index contributed by atoms with van der Waals surface area (Å²) < 4.78 is 7.20. The smallest absolute Gasteiger partial charge is 0.231 e. The Morgan fingerprint density at radius 2 is 1.70 bits per heavy atom. The van der Waals surface area contributed by atoms with Gasteiger partial charge in [-0.1, -0.05) is 30.3 Å². The lowest BCUT2D eigenvalue weighted by atomic mass is 10.1. The Bertz CT molecular complexity index is 1340. The van der Waals surface area contributed by atoms with Gasteiger partial charge in [0, 0.05) is 30.3 Å². The van der Waals surface area contributed by atoms with Crippen LogP contribution in [-0.4, -0.2) is 38.2 Å². The maximum absolute atomic E-state index is 5.24. The van der Waals surface area contributed by atoms with Crippen molar-refractivity contribution in [2.75, 3.05) is 24.3 Å². The quantitative estimate of drug-likeness (QED) is 0.366. The lowest BCUT2D eigenvalue weighted by molar-refractivity contribution is 0.414. The molecule has 8 heteroatoms. The molecular weight excluding hydrogens is 414 g/mol. The maximum Gasteiger partial charge on any atom is 0.231 e. The van der Waals surface area contributed by atoms with E-state index in [1.807, 2.05) is 59.2 Å². The Balaban J connectivity index is 1.45. The summed E-state index contributed by atoms with van der Waals surface area (Å²) in [4.78, 5) is 18.1. The fourth-order valence-corrected chi connectivity index (χ4v) is 3.54. The van der Waals surface area contributed by atoms with Crippen molar-refractivity contribution in [2.45, 2.75) is 6.42 Å². The molecule has 0 bridgehead atoms. The number of benzene rings is 2. The van der Waals surface area contributed by atoms with E-state index in [1.165, 1.54) is 5.56 Å². The maximum atomic E-state index is 5.24. The van der Waals surface area contributed by atoms with Crippen molar-refractivity contribution in [3.8, 4) is 11.4 Å². The number of hydrogen-bond donors (Lipinski definition) is 2. The number of nitrogens with one attached hydrogen (secondary N) is 2. The summed E-state index contributed by atoms with van der Waals surface area (Å²) in [7, 11) is 1.67. The van der Waals surface area contributed by atoms with E-state index in [2.05, 4.69) is 32.7 Å². The van der Waals surface area contributed by atoms with Crippen molar-refractivity contribution in [1.29, 1.82) is 0 Å². The van der Waals surface area contributed by atoms with E-state index in [9.17, 15) is 0 Å². The molecule has 5 rings (SSSR count). The number of pyridine rings is 1. The number of fused-ring (bicyclic) bond motifs is 1. The molecule has 2 N–H and O–H groups in total. The largest absolute Gasteiger partial charge is 0.497 e. The molecular formula is C25H23N7O. The van der Waals surface area contributed by atoms with Gasteiger partial charge in [0.15, 0.2) is 17.0 Å². The van der Waals surface area contributed by atoms with Crippen molar-refractivity contribution < 1.29 is 4.74 Å². The van der Waals surface area contributed by atoms with Gasteiger partial charge in [-0.2, -0.15) is 9.97 Å². The molecule has 0 saturated carbocycles. The van der Waals surface area contributed by atoms with Crippen molar-refractivity contribution in [3.05, 3.63) is 91.0 Å². The number of para-hydroxylation sites is 1. The molecule has 0 radical (unpaired) electrons. The van der Waals surface area contributed by atoms with Crippen LogP contribution in [0.15, 0.2) is 85.5 Å². The predicted octanol–water partition coefficient (Wildman–Crippen LogP) is 4.62. The predicted molar refractivity (Wildman–Crippen MR) is 129 cm³/mol. The number of anilines is 3. The SMILES string of the molecule is COc1ccc(CCNc2nc(Nc3ccncc3)nc3c2ncn3-c2ccccc2)cc1. The second-order valence-electron chi connectivity index (χ2n) is 7.40. The second-order valence-corrected chi connectivity index (χ2v) is 7.40. The number of nitrogens with zero attached hydrogens (tertiary/aromatic N) is 5. The van der Waals surface area contributed by atoms with Crippen LogP contribution in [0.4, 0.5) is 17.5 Å². The van der Waals surface area contributed by atoms with Gasteiger partial charge in [0.2, 0.25) is 5.95 Å². The van der Waals surface area contributed by atoms with Crippen LogP contribution >= 0.6 is 0 Å². The van der Waals surface area contributed by atoms with E-state index in [0.717, 1.165) is 29.2 Å². The summed E-state index contributed by atoms with van der Waals surface area (Å²) in [5, 5.41) is 6.71. The van der Waals surface area contributed by atoms with Crippen LogP contribution in [0.5, 0.6) is 5.75 Å². The summed E-state index contributed by atoms with van der Waals surface area (Å²) in [6.07, 6.45) is 6.06. The molecule has 8 nitrogen and oxygen atoms in total. The molecule has 0 amide bonds. The van der Waals surface area contributed by atoms with Gasteiger partial charge < -0.3 is 15.4 Å². The second kappa shape index (κ2) is 9.35. The van der Waals surface area contributed by atoms with Crippen LogP contribution in [0.2, 0.25) is 0 Å². The average Bonchev–Trinajstić information content (AvgIpc) is 3.30. The number of hydrogen-bond acceptors (Lipinski definition) is 7. The highest BCUT2D eigenvalue weighted by atomic mass is 16.5. The zero-order chi connectivity index (χ0) is 22.5. The Morgan fingerprint density at radius 1 is 0.909 bits per heavy atom. The van der Waals surface area contributed by atoms with E-state index < -0.39 is 0 Å². The van der Waals surface area contributed by atoms with E-state index in [0.29, 0.717) is 23.8 Å². The molecule has 5 aromatic rings. The zero-order valence-corrected chi connectivity index (χ0v) is 18.1. The fourth-order valence-electron chi connectivity index (χ4n) is 3.54. The minimum atomic E-state index is 0.485. The molecule has 0 aliphatic carbocycles. The molecule has 0 atom stereocenters. The van der Waals surface area contributed by atoms with Crippen LogP contribution in [0.1, 0.15) is 5.56 Å². The lowest BCUT2D eigenvalue weighted by Crippen LogP contribution is -2.09. The first kappa shape index (κ1) is 20.4. The summed E-state index contributed by atoms with van der Waals surface area (Å²) >= 11 is 0. The molecule has 0 aliphatic rings. The first-order valence-corrected chi connectivity index (χ1v) is 10.6. The van der Waals surface area contributed by atoms with Crippen LogP contribution in [0.25, 0.3) is 16.9 Å². The fraction of sp³-hybridized carbons (Fsp3) is 0.120. The van der Waals surface area contributed by atoms with Gasteiger partial charge in [-0.25, -0.2) is 4.98 Å². The van der Waals surface area contributed by atoms with Crippen molar-refractivity contribution in [1.82, 2.24) is 24.5 Å². The summed E-state index contributed by atoms with van der Waals surface area (Å²) in [5.41, 5.74) is 4.49. The van der Waals surface area contributed by atoms with E-state index in [-0.39, 0.29) is 0 Å². The first-order valence-electron chi connectivity index (χ1n) is 10.6. The van der Waals surface area contributed by atoms with Gasteiger partial charge in [-0.05, 0) is 48.4 Å². The molecule has 3 aromatic heterocycles. The van der Waals surface area contributed by atoms with E-state index >= 15 is 0 Å². The Labute approximate surface area is 191 Å². The summed E-state index contributed by atoms with van der Waals surface area (Å²) in [5.74, 6) is 2.01. The standard InChI is InChI=1S/C25H23N7O/c1-33-21-9-7-18(8-10-21)11-16-27-23-22-24(32(17-28-22)20-5-3-2-4-6-20)31-25(30-23)29-19-12-14-26-15-13-19/h2-10,12-15,17H,11,16H2,1H3,(H2,26,27,29,30,31). The minimum absolute atomic E-state index is 0.485. The van der Waals surface area contributed by atoms with Crippen molar-refractivity contribution >= 4 is 28.6 Å². The Kier molecular flexibility index (Phi) is 5.79. The monoisotopic (exact) mass is 437 g/mol. The minimum Gasteiger partial charge on any atom is -0.497 e. The molecule has 0 unspecified atom stereocenters. The van der Waals surface area contributed by atoms with Crippen LogP contribution in [0, 0.1) is 0 Å². The van der Waals surface area contributed by atoms with E-state index in [4.69, 9.17) is 14.7 Å². The van der Waals surface area contributed by atoms with Crippen LogP contribution in [0.3, 0.4) is 0 Å².